The van der Waals surface area contributed by atoms with Crippen molar-refractivity contribution in [2.45, 2.75) is 42.1 Å². The molecule has 0 spiro atoms. The maximum Gasteiger partial charge on any atom is 0.243 e. The molecule has 1 aliphatic carbocycles. The monoisotopic (exact) mass is 394 g/mol. The van der Waals surface area contributed by atoms with Crippen LogP contribution in [-0.4, -0.2) is 27.2 Å². The molecule has 3 rings (SSSR count). The molecule has 0 aliphatic heterocycles. The molecular formula is C18H22N2O4S2. The second-order valence-corrected chi connectivity index (χ2v) is 10.1. The summed E-state index contributed by atoms with van der Waals surface area (Å²) in [6, 6.07) is 14.4. The van der Waals surface area contributed by atoms with E-state index < -0.39 is 20.0 Å². The van der Waals surface area contributed by atoms with Gasteiger partial charge in [-0.1, -0.05) is 36.4 Å². The summed E-state index contributed by atoms with van der Waals surface area (Å²) >= 11 is 0. The average Bonchev–Trinajstić information content (AvgIpc) is 3.44. The molecule has 8 heteroatoms. The van der Waals surface area contributed by atoms with Crippen molar-refractivity contribution in [2.24, 2.45) is 11.1 Å². The molecule has 0 bridgehead atoms. The first-order chi connectivity index (χ1) is 12.2. The van der Waals surface area contributed by atoms with Crippen LogP contribution in [0.25, 0.3) is 0 Å². The minimum absolute atomic E-state index is 0.0625. The second-order valence-electron chi connectivity index (χ2n) is 6.63. The van der Waals surface area contributed by atoms with E-state index in [9.17, 15) is 16.8 Å². The van der Waals surface area contributed by atoms with Crippen LogP contribution in [0.15, 0.2) is 64.4 Å². The fraction of sp³-hybridized carbons (Fsp3) is 0.333. The van der Waals surface area contributed by atoms with Gasteiger partial charge in [-0.15, -0.1) is 0 Å². The molecule has 1 unspecified atom stereocenters. The van der Waals surface area contributed by atoms with Gasteiger partial charge in [-0.05, 0) is 49.4 Å². The Bertz CT molecular complexity index is 985. The third-order valence-electron chi connectivity index (χ3n) is 4.68. The molecule has 2 N–H and O–H groups in total. The van der Waals surface area contributed by atoms with E-state index in [1.807, 2.05) is 37.3 Å². The van der Waals surface area contributed by atoms with Crippen LogP contribution in [0.2, 0.25) is 0 Å². The first kappa shape index (κ1) is 19.0. The van der Waals surface area contributed by atoms with Crippen molar-refractivity contribution in [3.8, 4) is 0 Å². The van der Waals surface area contributed by atoms with Gasteiger partial charge in [0.05, 0.1) is 9.79 Å². The van der Waals surface area contributed by atoms with Crippen molar-refractivity contribution < 1.29 is 16.8 Å². The van der Waals surface area contributed by atoms with E-state index >= 15 is 0 Å². The van der Waals surface area contributed by atoms with Crippen molar-refractivity contribution >= 4 is 20.0 Å². The van der Waals surface area contributed by atoms with Crippen molar-refractivity contribution in [2.75, 3.05) is 0 Å². The van der Waals surface area contributed by atoms with Gasteiger partial charge in [-0.2, -0.15) is 4.31 Å². The topological polar surface area (TPSA) is 97.5 Å². The third kappa shape index (κ3) is 4.15. The van der Waals surface area contributed by atoms with Crippen LogP contribution in [0.1, 0.15) is 25.3 Å². The number of nitrogens with two attached hydrogens (primary N) is 1. The Labute approximate surface area is 154 Å². The van der Waals surface area contributed by atoms with Crippen LogP contribution in [-0.2, 0) is 26.6 Å². The van der Waals surface area contributed by atoms with Crippen LogP contribution < -0.4 is 5.14 Å². The summed E-state index contributed by atoms with van der Waals surface area (Å²) in [7, 11) is -7.85. The normalized spacial score (nSPS) is 16.6. The number of hydrogen-bond donors (Lipinski definition) is 1. The van der Waals surface area contributed by atoms with Gasteiger partial charge in [-0.3, -0.25) is 0 Å². The van der Waals surface area contributed by atoms with E-state index in [1.54, 1.807) is 0 Å². The summed E-state index contributed by atoms with van der Waals surface area (Å²) in [5, 5.41) is 5.15. The van der Waals surface area contributed by atoms with E-state index in [-0.39, 0.29) is 22.4 Å². The highest BCUT2D eigenvalue weighted by Crippen LogP contribution is 2.38. The molecule has 1 saturated carbocycles. The smallest absolute Gasteiger partial charge is 0.225 e. The summed E-state index contributed by atoms with van der Waals surface area (Å²) in [6.07, 6.45) is 2.00. The van der Waals surface area contributed by atoms with Crippen molar-refractivity contribution in [3.63, 3.8) is 0 Å². The maximum absolute atomic E-state index is 13.3. The molecule has 0 amide bonds. The highest BCUT2D eigenvalue weighted by atomic mass is 32.2. The van der Waals surface area contributed by atoms with Crippen LogP contribution in [0, 0.1) is 5.92 Å². The molecule has 26 heavy (non-hydrogen) atoms. The molecule has 1 aliphatic rings. The molecule has 140 valence electrons. The van der Waals surface area contributed by atoms with Gasteiger partial charge >= 0.3 is 0 Å². The lowest BCUT2D eigenvalue weighted by Crippen LogP contribution is -2.39. The summed E-state index contributed by atoms with van der Waals surface area (Å²) in [5.74, 6) is 0.329. The number of primary sulfonamides is 1. The molecule has 2 aromatic rings. The standard InChI is InChI=1S/C18H22N2O4S2/c1-14(16-10-11-16)20(13-15-6-3-2-4-7-15)26(23,24)18-9-5-8-17(12-18)25(19,21)22/h2-9,12,14,16H,10-11,13H2,1H3,(H2,19,21,22). The number of hydrogen-bond acceptors (Lipinski definition) is 4. The third-order valence-corrected chi connectivity index (χ3v) is 7.52. The average molecular weight is 395 g/mol. The minimum Gasteiger partial charge on any atom is -0.225 e. The molecule has 0 aromatic heterocycles. The number of sulfonamides is 2. The van der Waals surface area contributed by atoms with Gasteiger partial charge < -0.3 is 0 Å². The largest absolute Gasteiger partial charge is 0.243 e. The molecule has 0 heterocycles. The van der Waals surface area contributed by atoms with Crippen LogP contribution in [0.5, 0.6) is 0 Å². The van der Waals surface area contributed by atoms with E-state index in [2.05, 4.69) is 0 Å². The SMILES string of the molecule is CC(C1CC1)N(Cc1ccccc1)S(=O)(=O)c1cccc(S(N)(=O)=O)c1. The highest BCUT2D eigenvalue weighted by molar-refractivity contribution is 7.90. The van der Waals surface area contributed by atoms with Gasteiger partial charge in [0.1, 0.15) is 0 Å². The van der Waals surface area contributed by atoms with Gasteiger partial charge in [0.2, 0.25) is 20.0 Å². The fourth-order valence-electron chi connectivity index (χ4n) is 2.97. The number of rotatable bonds is 7. The zero-order chi connectivity index (χ0) is 18.9. The van der Waals surface area contributed by atoms with Crippen molar-refractivity contribution in [1.82, 2.24) is 4.31 Å². The predicted octanol–water partition coefficient (Wildman–Crippen LogP) is 2.32. The summed E-state index contributed by atoms with van der Waals surface area (Å²) in [4.78, 5) is -0.273. The zero-order valence-electron chi connectivity index (χ0n) is 14.4. The Balaban J connectivity index is 2.01. The number of nitrogens with zero attached hydrogens (tertiary/aromatic N) is 1. The second kappa shape index (κ2) is 7.11. The van der Waals surface area contributed by atoms with Gasteiger partial charge in [0.15, 0.2) is 0 Å². The Hall–Kier alpha value is -1.74. The van der Waals surface area contributed by atoms with E-state index in [0.717, 1.165) is 24.5 Å². The fourth-order valence-corrected chi connectivity index (χ4v) is 5.33. The molecule has 1 fully saturated rings. The molecule has 6 nitrogen and oxygen atoms in total. The number of benzene rings is 2. The lowest BCUT2D eigenvalue weighted by atomic mass is 10.2. The Morgan fingerprint density at radius 3 is 2.19 bits per heavy atom. The Morgan fingerprint density at radius 1 is 1.00 bits per heavy atom. The van der Waals surface area contributed by atoms with Gasteiger partial charge in [0.25, 0.3) is 0 Å². The van der Waals surface area contributed by atoms with E-state index in [0.29, 0.717) is 5.92 Å². The molecule has 1 atom stereocenters. The first-order valence-corrected chi connectivity index (χ1v) is 11.4. The van der Waals surface area contributed by atoms with Gasteiger partial charge in [-0.25, -0.2) is 22.0 Å². The minimum atomic E-state index is -3.98. The Morgan fingerprint density at radius 2 is 1.62 bits per heavy atom. The first-order valence-electron chi connectivity index (χ1n) is 8.38. The lowest BCUT2D eigenvalue weighted by Gasteiger charge is -2.28. The zero-order valence-corrected chi connectivity index (χ0v) is 16.1. The van der Waals surface area contributed by atoms with Crippen molar-refractivity contribution in [3.05, 3.63) is 60.2 Å². The molecule has 0 radical (unpaired) electrons. The summed E-state index contributed by atoms with van der Waals surface area (Å²) < 4.78 is 51.2. The summed E-state index contributed by atoms with van der Waals surface area (Å²) in [6.45, 7) is 2.14. The van der Waals surface area contributed by atoms with Crippen molar-refractivity contribution in [1.29, 1.82) is 0 Å². The lowest BCUT2D eigenvalue weighted by molar-refractivity contribution is 0.303. The van der Waals surface area contributed by atoms with Crippen LogP contribution in [0.4, 0.5) is 0 Å². The molecule has 2 aromatic carbocycles. The van der Waals surface area contributed by atoms with Crippen LogP contribution in [0.3, 0.4) is 0 Å². The van der Waals surface area contributed by atoms with Gasteiger partial charge in [0, 0.05) is 12.6 Å². The molecular weight excluding hydrogens is 372 g/mol. The van der Waals surface area contributed by atoms with E-state index in [1.165, 1.54) is 22.5 Å². The molecule has 0 saturated heterocycles. The predicted molar refractivity (Wildman–Crippen MR) is 99.2 cm³/mol. The van der Waals surface area contributed by atoms with Crippen LogP contribution >= 0.6 is 0 Å². The Kier molecular flexibility index (Phi) is 5.21. The quantitative estimate of drug-likeness (QED) is 0.779. The highest BCUT2D eigenvalue weighted by Gasteiger charge is 2.38. The van der Waals surface area contributed by atoms with E-state index in [4.69, 9.17) is 5.14 Å². The summed E-state index contributed by atoms with van der Waals surface area (Å²) in [5.41, 5.74) is 0.881. The maximum atomic E-state index is 13.3.